The number of hydrogen-bond acceptors (Lipinski definition) is 9. The number of halogens is 1. The van der Waals surface area contributed by atoms with E-state index in [1.807, 2.05) is 0 Å². The van der Waals surface area contributed by atoms with Crippen LogP contribution in [0.25, 0.3) is 0 Å². The molecule has 0 aliphatic heterocycles. The fourth-order valence-electron chi connectivity index (χ4n) is 18.7. The Balaban J connectivity index is 0.0000113. The molecule has 0 spiro atoms. The SMILES string of the molecule is C=C(C)[C@@H]1CC[C@]2(COC(=O)CCC(=O)OC(COC(=O)CCCCCCC/C=C\CCCCCCCC)COC(=O)CCCC[P+](c3ccccc3)(c3ccccc3)c3ccccc3)CC[C@]3(C)[C@H](CC[C@@H]4[C@@]5(C)CC[C@H](O)C(C)(C)[C@@H]5CC[C@]43C)[C@@H]12.[Br-]. The van der Waals surface area contributed by atoms with E-state index in [9.17, 15) is 24.3 Å². The number of benzene rings is 3. The first-order valence-electron chi connectivity index (χ1n) is 35.0. The zero-order valence-corrected chi connectivity index (χ0v) is 58.4. The molecule has 0 radical (unpaired) electrons. The second-order valence-corrected chi connectivity index (χ2v) is 33.0. The fourth-order valence-corrected chi connectivity index (χ4v) is 23.2. The number of aliphatic hydroxyl groups excluding tert-OH is 1. The second-order valence-electron chi connectivity index (χ2n) is 29.4. The number of esters is 4. The van der Waals surface area contributed by atoms with Gasteiger partial charge in [-0.05, 0) is 204 Å². The second kappa shape index (κ2) is 33.6. The van der Waals surface area contributed by atoms with E-state index in [0.29, 0.717) is 49.0 Å². The summed E-state index contributed by atoms with van der Waals surface area (Å²) in [6, 6.07) is 32.2. The monoisotopic (exact) mass is 1300 g/mol. The van der Waals surface area contributed by atoms with Crippen molar-refractivity contribution in [2.45, 2.75) is 247 Å². The summed E-state index contributed by atoms with van der Waals surface area (Å²) in [4.78, 5) is 54.2. The minimum Gasteiger partial charge on any atom is -1.00 e. The Morgan fingerprint density at radius 2 is 1.08 bits per heavy atom. The molecule has 11 heteroatoms. The van der Waals surface area contributed by atoms with Crippen LogP contribution in [0.15, 0.2) is 115 Å². The van der Waals surface area contributed by atoms with Crippen molar-refractivity contribution in [2.24, 2.45) is 56.7 Å². The molecule has 492 valence electrons. The molecular weight excluding hydrogens is 1190 g/mol. The van der Waals surface area contributed by atoms with E-state index in [0.717, 1.165) is 89.6 Å². The summed E-state index contributed by atoms with van der Waals surface area (Å²) in [5, 5.41) is 15.1. The Bertz CT molecular complexity index is 2640. The predicted octanol–water partition coefficient (Wildman–Crippen LogP) is 14.5. The minimum absolute atomic E-state index is 0. The van der Waals surface area contributed by atoms with Gasteiger partial charge in [0.05, 0.1) is 31.7 Å². The molecule has 0 bridgehead atoms. The van der Waals surface area contributed by atoms with Gasteiger partial charge in [-0.2, -0.15) is 0 Å². The third-order valence-corrected chi connectivity index (χ3v) is 28.3. The lowest BCUT2D eigenvalue weighted by atomic mass is 9.32. The lowest BCUT2D eigenvalue weighted by molar-refractivity contribution is -0.250. The molecule has 0 heterocycles. The molecule has 5 aliphatic carbocycles. The molecule has 0 aromatic heterocycles. The fraction of sp³-hybridized carbons (Fsp3) is 0.667. The van der Waals surface area contributed by atoms with Gasteiger partial charge in [-0.3, -0.25) is 19.2 Å². The number of carbonyl (C=O) groups excluding carboxylic acids is 4. The van der Waals surface area contributed by atoms with E-state index in [4.69, 9.17) is 18.9 Å². The third-order valence-electron chi connectivity index (χ3n) is 23.8. The Hall–Kier alpha value is -4.11. The maximum absolute atomic E-state index is 13.8. The van der Waals surface area contributed by atoms with Crippen LogP contribution in [0.2, 0.25) is 0 Å². The first-order valence-corrected chi connectivity index (χ1v) is 37.0. The summed E-state index contributed by atoms with van der Waals surface area (Å²) in [6.07, 6.45) is 31.7. The van der Waals surface area contributed by atoms with E-state index < -0.39 is 31.3 Å². The van der Waals surface area contributed by atoms with Crippen molar-refractivity contribution in [1.29, 1.82) is 0 Å². The largest absolute Gasteiger partial charge is 1.00 e. The van der Waals surface area contributed by atoms with Crippen molar-refractivity contribution in [3.8, 4) is 0 Å². The van der Waals surface area contributed by atoms with Gasteiger partial charge in [0.15, 0.2) is 6.10 Å². The summed E-state index contributed by atoms with van der Waals surface area (Å²) >= 11 is 0. The lowest BCUT2D eigenvalue weighted by Crippen LogP contribution is -3.00. The van der Waals surface area contributed by atoms with Crippen LogP contribution in [-0.4, -0.2) is 67.2 Å². The van der Waals surface area contributed by atoms with Crippen molar-refractivity contribution in [2.75, 3.05) is 26.0 Å². The lowest BCUT2D eigenvalue weighted by Gasteiger charge is -2.73. The normalized spacial score (nSPS) is 28.0. The Morgan fingerprint density at radius 1 is 0.562 bits per heavy atom. The first-order chi connectivity index (χ1) is 42.3. The molecule has 0 amide bonds. The van der Waals surface area contributed by atoms with Gasteiger partial charge in [-0.1, -0.05) is 172 Å². The number of rotatable bonds is 34. The minimum atomic E-state index is -2.07. The van der Waals surface area contributed by atoms with Gasteiger partial charge >= 0.3 is 23.9 Å². The Morgan fingerprint density at radius 3 is 1.64 bits per heavy atom. The van der Waals surface area contributed by atoms with E-state index >= 15 is 0 Å². The van der Waals surface area contributed by atoms with Crippen molar-refractivity contribution in [1.82, 2.24) is 0 Å². The van der Waals surface area contributed by atoms with Gasteiger partial charge in [-0.25, -0.2) is 0 Å². The highest BCUT2D eigenvalue weighted by Gasteiger charge is 2.71. The average Bonchev–Trinajstić information content (AvgIpc) is 1.63. The van der Waals surface area contributed by atoms with Crippen molar-refractivity contribution in [3.63, 3.8) is 0 Å². The van der Waals surface area contributed by atoms with Crippen LogP contribution in [0.3, 0.4) is 0 Å². The molecule has 3 aromatic carbocycles. The van der Waals surface area contributed by atoms with Gasteiger partial charge in [0, 0.05) is 18.3 Å². The predicted molar refractivity (Wildman–Crippen MR) is 360 cm³/mol. The summed E-state index contributed by atoms with van der Waals surface area (Å²) in [5.74, 6) is 0.494. The number of hydrogen-bond donors (Lipinski definition) is 1. The summed E-state index contributed by atoms with van der Waals surface area (Å²) in [6.45, 7) is 21.3. The van der Waals surface area contributed by atoms with E-state index in [1.54, 1.807) is 0 Å². The van der Waals surface area contributed by atoms with Crippen LogP contribution in [0.1, 0.15) is 235 Å². The van der Waals surface area contributed by atoms with Crippen molar-refractivity contribution in [3.05, 3.63) is 115 Å². The molecule has 5 saturated carbocycles. The third kappa shape index (κ3) is 17.2. The molecule has 1 N–H and O–H groups in total. The van der Waals surface area contributed by atoms with Crippen LogP contribution in [0.5, 0.6) is 0 Å². The highest BCUT2D eigenvalue weighted by atomic mass is 79.9. The summed E-state index contributed by atoms with van der Waals surface area (Å²) < 4.78 is 23.7. The molecular formula is C78H114BrO9P. The van der Waals surface area contributed by atoms with Crippen molar-refractivity contribution < 1.29 is 60.2 Å². The standard InChI is InChI=1S/C78H114O9P.BrH/c1-9-10-11-12-13-14-15-16-17-18-19-20-21-22-32-41-69(80)84-56-60(57-85-70(81)42-33-34-55-88(61-35-26-23-27-36-61,62-37-28-24-29-38-62)63-39-30-25-31-40-63)87-72(83)46-45-71(82)86-58-78-52-47-64(59(2)3)73(78)65-43-44-67-75(6)50-49-68(79)74(4,5)66(75)48-51-77(67,8)76(65,7)53-54-78;/h16-17,23-31,35-40,60,64-68,73,79H,2,9-15,18-22,32-34,41-58H2,1,3-8H3;1H/q+1;/p-1/b17-16-;/t60?,64-,65+,66-,67+,68-,73+,75-,76+,77+,78+;/m0./s1. The zero-order valence-electron chi connectivity index (χ0n) is 55.9. The quantitative estimate of drug-likeness (QED) is 0.0205. The molecule has 3 aromatic rings. The molecule has 89 heavy (non-hydrogen) atoms. The number of allylic oxidation sites excluding steroid dienone is 3. The number of aliphatic hydroxyl groups is 1. The number of ether oxygens (including phenoxy) is 4. The van der Waals surface area contributed by atoms with Gasteiger partial charge in [-0.15, -0.1) is 0 Å². The maximum Gasteiger partial charge on any atom is 0.306 e. The van der Waals surface area contributed by atoms with E-state index in [-0.39, 0.29) is 95.0 Å². The van der Waals surface area contributed by atoms with Gasteiger partial charge in [0.2, 0.25) is 0 Å². The molecule has 9 nitrogen and oxygen atoms in total. The van der Waals surface area contributed by atoms with Gasteiger partial charge in [0.1, 0.15) is 36.4 Å². The molecule has 8 rings (SSSR count). The highest BCUT2D eigenvalue weighted by Crippen LogP contribution is 2.77. The number of fused-ring (bicyclic) bond motifs is 7. The van der Waals surface area contributed by atoms with Crippen molar-refractivity contribution >= 4 is 47.1 Å². The first kappa shape index (κ1) is 72.3. The van der Waals surface area contributed by atoms with Crippen LogP contribution in [0, 0.1) is 56.7 Å². The molecule has 5 fully saturated rings. The Kier molecular flexibility index (Phi) is 27.3. The smallest absolute Gasteiger partial charge is 0.306 e. The van der Waals surface area contributed by atoms with Crippen LogP contribution >= 0.6 is 7.26 Å². The molecule has 1 unspecified atom stereocenters. The highest BCUT2D eigenvalue weighted by molar-refractivity contribution is 7.95. The van der Waals surface area contributed by atoms with E-state index in [1.165, 1.54) is 85.7 Å². The zero-order chi connectivity index (χ0) is 62.8. The Labute approximate surface area is 549 Å². The number of unbranched alkanes of at least 4 members (excludes halogenated alkanes) is 12. The maximum atomic E-state index is 13.8. The molecule has 0 saturated heterocycles. The van der Waals surface area contributed by atoms with E-state index in [2.05, 4.69) is 158 Å². The van der Waals surface area contributed by atoms with Crippen LogP contribution in [0.4, 0.5) is 0 Å². The number of carbonyl (C=O) groups is 4. The van der Waals surface area contributed by atoms with Gasteiger partial charge < -0.3 is 41.0 Å². The van der Waals surface area contributed by atoms with Gasteiger partial charge in [0.25, 0.3) is 0 Å². The summed E-state index contributed by atoms with van der Waals surface area (Å²) in [7, 11) is -2.07. The van der Waals surface area contributed by atoms with Crippen LogP contribution in [-0.2, 0) is 38.1 Å². The molecule has 5 aliphatic rings. The topological polar surface area (TPSA) is 125 Å². The summed E-state index contributed by atoms with van der Waals surface area (Å²) in [5.41, 5.74) is 1.50. The molecule has 11 atom stereocenters. The average molecular weight is 1310 g/mol. The van der Waals surface area contributed by atoms with Crippen LogP contribution < -0.4 is 32.9 Å².